The summed E-state index contributed by atoms with van der Waals surface area (Å²) in [5.74, 6) is 0.638. The Bertz CT molecular complexity index is 1540. The summed E-state index contributed by atoms with van der Waals surface area (Å²) < 4.78 is 21.6. The van der Waals surface area contributed by atoms with Gasteiger partial charge in [0, 0.05) is 11.1 Å². The van der Waals surface area contributed by atoms with E-state index in [0.717, 1.165) is 33.4 Å². The van der Waals surface area contributed by atoms with Crippen molar-refractivity contribution in [3.63, 3.8) is 0 Å². The van der Waals surface area contributed by atoms with Crippen LogP contribution in [0.3, 0.4) is 0 Å². The topological polar surface area (TPSA) is 71.1 Å². The SMILES string of the molecule is C=C(C)C(=O)Oc1ccc(-c2ccc(/C=C/c3ccc(-c4ccc(OC(=O)C(=C)C)c(OC)c4)cc3)cc2)cc1OC. The molecule has 0 heterocycles. The molecular weight excluding hydrogens is 528 g/mol. The molecule has 0 atom stereocenters. The molecule has 0 bridgehead atoms. The fourth-order valence-electron chi connectivity index (χ4n) is 4.00. The van der Waals surface area contributed by atoms with Crippen LogP contribution >= 0.6 is 0 Å². The molecule has 0 saturated carbocycles. The summed E-state index contributed by atoms with van der Waals surface area (Å²) in [5.41, 5.74) is 6.61. The van der Waals surface area contributed by atoms with Crippen LogP contribution < -0.4 is 18.9 Å². The van der Waals surface area contributed by atoms with Crippen LogP contribution in [-0.4, -0.2) is 26.2 Å². The molecule has 0 saturated heterocycles. The lowest BCUT2D eigenvalue weighted by Crippen LogP contribution is -2.09. The highest BCUT2D eigenvalue weighted by Crippen LogP contribution is 2.34. The number of carbonyl (C=O) groups excluding carboxylic acids is 2. The van der Waals surface area contributed by atoms with Crippen LogP contribution in [0.4, 0.5) is 0 Å². The summed E-state index contributed by atoms with van der Waals surface area (Å²) in [6, 6.07) is 27.1. The van der Waals surface area contributed by atoms with Gasteiger partial charge < -0.3 is 18.9 Å². The molecule has 0 radical (unpaired) electrons. The van der Waals surface area contributed by atoms with Gasteiger partial charge in [-0.3, -0.25) is 0 Å². The molecule has 0 aliphatic heterocycles. The summed E-state index contributed by atoms with van der Waals surface area (Å²) in [4.78, 5) is 23.8. The molecule has 0 aliphatic carbocycles. The smallest absolute Gasteiger partial charge is 0.338 e. The number of esters is 2. The Labute approximate surface area is 246 Å². The molecule has 212 valence electrons. The molecular formula is C36H32O6. The van der Waals surface area contributed by atoms with Gasteiger partial charge in [-0.25, -0.2) is 9.59 Å². The highest BCUT2D eigenvalue weighted by molar-refractivity contribution is 5.90. The van der Waals surface area contributed by atoms with Crippen molar-refractivity contribution in [2.75, 3.05) is 14.2 Å². The molecule has 0 spiro atoms. The minimum absolute atomic E-state index is 0.316. The lowest BCUT2D eigenvalue weighted by molar-refractivity contribution is -0.131. The summed E-state index contributed by atoms with van der Waals surface area (Å²) in [6.45, 7) is 10.4. The zero-order valence-electron chi connectivity index (χ0n) is 24.1. The molecule has 0 unspecified atom stereocenters. The zero-order valence-corrected chi connectivity index (χ0v) is 24.1. The van der Waals surface area contributed by atoms with E-state index in [4.69, 9.17) is 18.9 Å². The summed E-state index contributed by atoms with van der Waals surface area (Å²) in [7, 11) is 3.07. The lowest BCUT2D eigenvalue weighted by atomic mass is 10.0. The average Bonchev–Trinajstić information content (AvgIpc) is 3.00. The van der Waals surface area contributed by atoms with Gasteiger partial charge in [0.25, 0.3) is 0 Å². The van der Waals surface area contributed by atoms with Gasteiger partial charge in [-0.1, -0.05) is 86.0 Å². The molecule has 0 amide bonds. The van der Waals surface area contributed by atoms with Gasteiger partial charge in [0.15, 0.2) is 23.0 Å². The maximum absolute atomic E-state index is 11.9. The number of hydrogen-bond donors (Lipinski definition) is 0. The van der Waals surface area contributed by atoms with E-state index in [1.165, 1.54) is 14.2 Å². The van der Waals surface area contributed by atoms with E-state index in [0.29, 0.717) is 34.1 Å². The highest BCUT2D eigenvalue weighted by atomic mass is 16.6. The predicted octanol–water partition coefficient (Wildman–Crippen LogP) is 8.17. The minimum Gasteiger partial charge on any atom is -0.493 e. The monoisotopic (exact) mass is 560 g/mol. The second kappa shape index (κ2) is 13.3. The van der Waals surface area contributed by atoms with E-state index in [2.05, 4.69) is 13.2 Å². The van der Waals surface area contributed by atoms with Gasteiger partial charge in [-0.2, -0.15) is 0 Å². The molecule has 0 aliphatic rings. The van der Waals surface area contributed by atoms with Crippen molar-refractivity contribution in [2.24, 2.45) is 0 Å². The Hall–Kier alpha value is -5.36. The van der Waals surface area contributed by atoms with Crippen molar-refractivity contribution in [1.29, 1.82) is 0 Å². The molecule has 0 aromatic heterocycles. The summed E-state index contributed by atoms with van der Waals surface area (Å²) in [6.07, 6.45) is 4.10. The Morgan fingerprint density at radius 2 is 0.857 bits per heavy atom. The number of hydrogen-bond acceptors (Lipinski definition) is 6. The van der Waals surface area contributed by atoms with Gasteiger partial charge in [0.1, 0.15) is 0 Å². The van der Waals surface area contributed by atoms with Crippen molar-refractivity contribution in [3.8, 4) is 45.3 Å². The van der Waals surface area contributed by atoms with Crippen LogP contribution in [-0.2, 0) is 9.59 Å². The third kappa shape index (κ3) is 7.23. The molecule has 4 aromatic carbocycles. The zero-order chi connectivity index (χ0) is 30.2. The third-order valence-electron chi connectivity index (χ3n) is 6.39. The van der Waals surface area contributed by atoms with E-state index in [1.807, 2.05) is 84.9 Å². The molecule has 0 fully saturated rings. The van der Waals surface area contributed by atoms with Crippen LogP contribution in [0.25, 0.3) is 34.4 Å². The van der Waals surface area contributed by atoms with Gasteiger partial charge in [0.05, 0.1) is 14.2 Å². The van der Waals surface area contributed by atoms with Crippen LogP contribution in [0.1, 0.15) is 25.0 Å². The first-order valence-corrected chi connectivity index (χ1v) is 13.2. The normalized spacial score (nSPS) is 10.7. The highest BCUT2D eigenvalue weighted by Gasteiger charge is 2.13. The molecule has 6 nitrogen and oxygen atoms in total. The second-order valence-corrected chi connectivity index (χ2v) is 9.65. The maximum Gasteiger partial charge on any atom is 0.338 e. The molecule has 4 aromatic rings. The number of methoxy groups -OCH3 is 2. The average molecular weight is 561 g/mol. The van der Waals surface area contributed by atoms with Crippen LogP contribution in [0.2, 0.25) is 0 Å². The number of benzene rings is 4. The van der Waals surface area contributed by atoms with Crippen LogP contribution in [0, 0.1) is 0 Å². The first-order valence-electron chi connectivity index (χ1n) is 13.2. The number of ether oxygens (including phenoxy) is 4. The van der Waals surface area contributed by atoms with E-state index < -0.39 is 11.9 Å². The van der Waals surface area contributed by atoms with Crippen molar-refractivity contribution < 1.29 is 28.5 Å². The standard InChI is InChI=1S/C36H32O6/c1-23(2)35(37)41-31-19-17-29(21-33(31)39-5)27-13-9-25(10-14-27)7-8-26-11-15-28(16-12-26)30-18-20-32(34(22-30)40-6)42-36(38)24(3)4/h7-22H,1,3H2,2,4-6H3/b8-7+. The molecule has 42 heavy (non-hydrogen) atoms. The van der Waals surface area contributed by atoms with E-state index in [-0.39, 0.29) is 0 Å². The first kappa shape index (κ1) is 29.6. The number of carbonyl (C=O) groups is 2. The molecule has 0 N–H and O–H groups in total. The van der Waals surface area contributed by atoms with Crippen molar-refractivity contribution in [3.05, 3.63) is 120 Å². The van der Waals surface area contributed by atoms with Gasteiger partial charge in [0.2, 0.25) is 0 Å². The minimum atomic E-state index is -0.496. The molecule has 6 heteroatoms. The third-order valence-corrected chi connectivity index (χ3v) is 6.39. The quantitative estimate of drug-likeness (QED) is 0.0843. The molecule has 4 rings (SSSR count). The fourth-order valence-corrected chi connectivity index (χ4v) is 4.00. The summed E-state index contributed by atoms with van der Waals surface area (Å²) >= 11 is 0. The van der Waals surface area contributed by atoms with Gasteiger partial charge >= 0.3 is 11.9 Å². The van der Waals surface area contributed by atoms with Gasteiger partial charge in [-0.05, 0) is 71.5 Å². The second-order valence-electron chi connectivity index (χ2n) is 9.65. The van der Waals surface area contributed by atoms with Crippen LogP contribution in [0.5, 0.6) is 23.0 Å². The maximum atomic E-state index is 11.9. The van der Waals surface area contributed by atoms with E-state index in [9.17, 15) is 9.59 Å². The Balaban J connectivity index is 1.44. The lowest BCUT2D eigenvalue weighted by Gasteiger charge is -2.11. The van der Waals surface area contributed by atoms with Crippen molar-refractivity contribution >= 4 is 24.1 Å². The fraction of sp³-hybridized carbons (Fsp3) is 0.111. The first-order chi connectivity index (χ1) is 20.2. The summed E-state index contributed by atoms with van der Waals surface area (Å²) in [5, 5.41) is 0. The van der Waals surface area contributed by atoms with Crippen LogP contribution in [0.15, 0.2) is 109 Å². The van der Waals surface area contributed by atoms with E-state index >= 15 is 0 Å². The largest absolute Gasteiger partial charge is 0.493 e. The van der Waals surface area contributed by atoms with Crippen molar-refractivity contribution in [2.45, 2.75) is 13.8 Å². The van der Waals surface area contributed by atoms with Gasteiger partial charge in [-0.15, -0.1) is 0 Å². The Morgan fingerprint density at radius 3 is 1.17 bits per heavy atom. The number of rotatable bonds is 10. The van der Waals surface area contributed by atoms with Crippen molar-refractivity contribution in [1.82, 2.24) is 0 Å². The van der Waals surface area contributed by atoms with E-state index in [1.54, 1.807) is 26.0 Å². The Morgan fingerprint density at radius 1 is 0.524 bits per heavy atom. The predicted molar refractivity (Wildman–Crippen MR) is 167 cm³/mol. The Kier molecular flexibility index (Phi) is 9.40.